The molecular formula is C25H20Cl2FNO5. The lowest BCUT2D eigenvalue weighted by atomic mass is 9.88. The monoisotopic (exact) mass is 503 g/mol. The third kappa shape index (κ3) is 5.26. The van der Waals surface area contributed by atoms with Crippen LogP contribution in [-0.2, 0) is 22.6 Å². The second-order valence-electron chi connectivity index (χ2n) is 7.70. The predicted octanol–water partition coefficient (Wildman–Crippen LogP) is 5.88. The second-order valence-corrected chi connectivity index (χ2v) is 8.54. The number of ether oxygens (including phenoxy) is 2. The van der Waals surface area contributed by atoms with Gasteiger partial charge in [0.25, 0.3) is 0 Å². The number of carboxylic acid groups (broad SMARTS) is 1. The Labute approximate surface area is 205 Å². The van der Waals surface area contributed by atoms with Crippen LogP contribution >= 0.6 is 23.2 Å². The molecule has 34 heavy (non-hydrogen) atoms. The van der Waals surface area contributed by atoms with E-state index in [2.05, 4.69) is 0 Å². The fourth-order valence-corrected chi connectivity index (χ4v) is 4.33. The van der Waals surface area contributed by atoms with Crippen molar-refractivity contribution >= 4 is 35.3 Å². The molecule has 4 rings (SSSR count). The number of rotatable bonds is 6. The number of carboxylic acids is 1. The highest BCUT2D eigenvalue weighted by atomic mass is 35.5. The van der Waals surface area contributed by atoms with Crippen LogP contribution in [0.1, 0.15) is 28.3 Å². The van der Waals surface area contributed by atoms with Gasteiger partial charge >= 0.3 is 12.1 Å². The molecule has 1 unspecified atom stereocenters. The van der Waals surface area contributed by atoms with Crippen LogP contribution in [0, 0.1) is 5.82 Å². The smallest absolute Gasteiger partial charge is 0.410 e. The number of hydrogen-bond donors (Lipinski definition) is 1. The first-order chi connectivity index (χ1) is 16.3. The molecule has 1 amide bonds. The predicted molar refractivity (Wildman–Crippen MR) is 125 cm³/mol. The van der Waals surface area contributed by atoms with Gasteiger partial charge in [0.1, 0.15) is 18.2 Å². The summed E-state index contributed by atoms with van der Waals surface area (Å²) in [5, 5.41) is 9.77. The first-order valence-corrected chi connectivity index (χ1v) is 11.2. The molecule has 6 nitrogen and oxygen atoms in total. The lowest BCUT2D eigenvalue weighted by Crippen LogP contribution is -2.41. The summed E-state index contributed by atoms with van der Waals surface area (Å²) in [6.07, 6.45) is -0.0435. The molecule has 1 aliphatic heterocycles. The topological polar surface area (TPSA) is 76.1 Å². The maximum Gasteiger partial charge on any atom is 0.410 e. The van der Waals surface area contributed by atoms with Crippen LogP contribution in [0.5, 0.6) is 5.75 Å². The van der Waals surface area contributed by atoms with Gasteiger partial charge in [0.15, 0.2) is 6.61 Å². The Morgan fingerprint density at radius 3 is 2.65 bits per heavy atom. The van der Waals surface area contributed by atoms with Gasteiger partial charge in [-0.25, -0.2) is 14.0 Å². The molecule has 0 saturated heterocycles. The highest BCUT2D eigenvalue weighted by molar-refractivity contribution is 6.31. The fraction of sp³-hybridized carbons (Fsp3) is 0.200. The number of carbonyl (C=O) groups is 2. The zero-order valence-electron chi connectivity index (χ0n) is 17.8. The zero-order chi connectivity index (χ0) is 24.2. The molecule has 9 heteroatoms. The van der Waals surface area contributed by atoms with Gasteiger partial charge in [-0.15, -0.1) is 0 Å². The van der Waals surface area contributed by atoms with Gasteiger partial charge in [0.2, 0.25) is 0 Å². The summed E-state index contributed by atoms with van der Waals surface area (Å²) in [6.45, 7) is -0.425. The van der Waals surface area contributed by atoms with Crippen molar-refractivity contribution in [2.75, 3.05) is 13.2 Å². The molecule has 0 bridgehead atoms. The van der Waals surface area contributed by atoms with Crippen molar-refractivity contribution < 1.29 is 28.6 Å². The van der Waals surface area contributed by atoms with E-state index in [4.69, 9.17) is 37.8 Å². The van der Waals surface area contributed by atoms with E-state index in [1.807, 2.05) is 24.3 Å². The van der Waals surface area contributed by atoms with E-state index in [1.54, 1.807) is 18.2 Å². The van der Waals surface area contributed by atoms with Gasteiger partial charge in [-0.3, -0.25) is 4.90 Å². The van der Waals surface area contributed by atoms with Gasteiger partial charge in [0.05, 0.1) is 6.04 Å². The van der Waals surface area contributed by atoms with E-state index < -0.39 is 30.5 Å². The van der Waals surface area contributed by atoms with Crippen molar-refractivity contribution in [1.29, 1.82) is 0 Å². The van der Waals surface area contributed by atoms with Gasteiger partial charge in [-0.05, 0) is 53.9 Å². The molecule has 1 N–H and O–H groups in total. The van der Waals surface area contributed by atoms with Crippen molar-refractivity contribution in [3.8, 4) is 5.75 Å². The van der Waals surface area contributed by atoms with Crippen LogP contribution in [0.2, 0.25) is 10.0 Å². The molecule has 1 heterocycles. The Bertz CT molecular complexity index is 1240. The zero-order valence-corrected chi connectivity index (χ0v) is 19.4. The minimum Gasteiger partial charge on any atom is -0.482 e. The van der Waals surface area contributed by atoms with Gasteiger partial charge < -0.3 is 14.6 Å². The maximum atomic E-state index is 13.6. The van der Waals surface area contributed by atoms with E-state index >= 15 is 0 Å². The van der Waals surface area contributed by atoms with Crippen LogP contribution in [0.15, 0.2) is 60.7 Å². The molecule has 0 fully saturated rings. The summed E-state index contributed by atoms with van der Waals surface area (Å²) in [5.74, 6) is -1.33. The highest BCUT2D eigenvalue weighted by Crippen LogP contribution is 2.41. The SMILES string of the molecule is O=C(O)COc1ccc(Cl)cc1C1c2ccccc2CCN1C(=O)OCc1cc(F)ccc1Cl. The largest absolute Gasteiger partial charge is 0.482 e. The lowest BCUT2D eigenvalue weighted by molar-refractivity contribution is -0.139. The van der Waals surface area contributed by atoms with E-state index in [1.165, 1.54) is 23.1 Å². The number of amides is 1. The summed E-state index contributed by atoms with van der Waals surface area (Å²) >= 11 is 12.4. The van der Waals surface area contributed by atoms with Crippen LogP contribution in [0.25, 0.3) is 0 Å². The number of hydrogen-bond acceptors (Lipinski definition) is 4. The molecular weight excluding hydrogens is 484 g/mol. The standard InChI is InChI=1S/C25H20Cl2FNO5/c26-17-5-8-22(33-14-23(30)31)20(12-17)24-19-4-2-1-3-15(19)9-10-29(24)25(32)34-13-16-11-18(28)6-7-21(16)27/h1-8,11-12,24H,9-10,13-14H2,(H,30,31). The van der Waals surface area contributed by atoms with E-state index in [-0.39, 0.29) is 11.6 Å². The number of halogens is 3. The Morgan fingerprint density at radius 1 is 1.06 bits per heavy atom. The van der Waals surface area contributed by atoms with Crippen molar-refractivity contribution in [2.45, 2.75) is 19.1 Å². The van der Waals surface area contributed by atoms with Crippen molar-refractivity contribution in [3.05, 3.63) is 98.8 Å². The maximum absolute atomic E-state index is 13.6. The van der Waals surface area contributed by atoms with Crippen molar-refractivity contribution in [3.63, 3.8) is 0 Å². The van der Waals surface area contributed by atoms with Crippen molar-refractivity contribution in [1.82, 2.24) is 4.90 Å². The third-order valence-corrected chi connectivity index (χ3v) is 6.10. The molecule has 0 radical (unpaired) electrons. The van der Waals surface area contributed by atoms with Crippen LogP contribution in [0.3, 0.4) is 0 Å². The minimum atomic E-state index is -1.13. The van der Waals surface area contributed by atoms with Crippen LogP contribution in [-0.4, -0.2) is 35.2 Å². The summed E-state index contributed by atoms with van der Waals surface area (Å²) in [6, 6.07) is 15.7. The quantitative estimate of drug-likeness (QED) is 0.454. The summed E-state index contributed by atoms with van der Waals surface area (Å²) in [4.78, 5) is 25.8. The molecule has 0 spiro atoms. The van der Waals surface area contributed by atoms with Crippen LogP contribution < -0.4 is 4.74 Å². The average Bonchev–Trinajstić information content (AvgIpc) is 2.82. The lowest BCUT2D eigenvalue weighted by Gasteiger charge is -2.37. The van der Waals surface area contributed by atoms with E-state index in [9.17, 15) is 14.0 Å². The summed E-state index contributed by atoms with van der Waals surface area (Å²) in [7, 11) is 0. The van der Waals surface area contributed by atoms with E-state index in [0.29, 0.717) is 34.9 Å². The number of carbonyl (C=O) groups excluding carboxylic acids is 1. The molecule has 3 aromatic carbocycles. The average molecular weight is 504 g/mol. The van der Waals surface area contributed by atoms with Gasteiger partial charge in [-0.2, -0.15) is 0 Å². The second kappa shape index (κ2) is 10.3. The number of nitrogens with zero attached hydrogens (tertiary/aromatic N) is 1. The molecule has 0 aromatic heterocycles. The normalized spacial score (nSPS) is 14.9. The first-order valence-electron chi connectivity index (χ1n) is 10.4. The Hall–Kier alpha value is -3.29. The Kier molecular flexibility index (Phi) is 7.24. The fourth-order valence-electron chi connectivity index (χ4n) is 3.98. The summed E-state index contributed by atoms with van der Waals surface area (Å²) < 4.78 is 24.6. The van der Waals surface area contributed by atoms with Crippen LogP contribution in [0.4, 0.5) is 9.18 Å². The Balaban J connectivity index is 1.69. The van der Waals surface area contributed by atoms with Crippen molar-refractivity contribution in [2.24, 2.45) is 0 Å². The molecule has 0 saturated carbocycles. The molecule has 0 aliphatic carbocycles. The molecule has 1 atom stereocenters. The Morgan fingerprint density at radius 2 is 1.85 bits per heavy atom. The first kappa shape index (κ1) is 23.9. The van der Waals surface area contributed by atoms with Gasteiger partial charge in [-0.1, -0.05) is 47.5 Å². The molecule has 3 aromatic rings. The third-order valence-electron chi connectivity index (χ3n) is 5.49. The summed E-state index contributed by atoms with van der Waals surface area (Å²) in [5.41, 5.74) is 2.75. The number of benzene rings is 3. The number of aliphatic carboxylic acids is 1. The molecule has 1 aliphatic rings. The van der Waals surface area contributed by atoms with E-state index in [0.717, 1.165) is 11.1 Å². The highest BCUT2D eigenvalue weighted by Gasteiger charge is 2.35. The van der Waals surface area contributed by atoms with Gasteiger partial charge in [0, 0.05) is 27.7 Å². The molecule has 176 valence electrons. The number of fused-ring (bicyclic) bond motifs is 1. The minimum absolute atomic E-state index is 0.210.